The number of carbonyl (C=O) groups is 1. The molecule has 73 valence electrons. The van der Waals surface area contributed by atoms with E-state index in [1.165, 1.54) is 0 Å². The molecule has 0 bridgehead atoms. The molecule has 0 heterocycles. The average Bonchev–Trinajstić information content (AvgIpc) is 2.26. The second-order valence-corrected chi connectivity index (χ2v) is 2.73. The number of hydrogen-bond acceptors (Lipinski definition) is 2. The Morgan fingerprint density at radius 1 is 1.36 bits per heavy atom. The normalized spacial score (nSPS) is 9.21. The summed E-state index contributed by atoms with van der Waals surface area (Å²) in [5.74, 6) is -0.119. The smallest absolute Gasteiger partial charge is 0.309 e. The van der Waals surface area contributed by atoms with Crippen LogP contribution in [0.25, 0.3) is 0 Å². The minimum absolute atomic E-state index is 0.119. The van der Waals surface area contributed by atoms with E-state index in [0.717, 1.165) is 5.56 Å². The van der Waals surface area contributed by atoms with Crippen LogP contribution in [0.1, 0.15) is 15.9 Å². The molecule has 0 saturated heterocycles. The van der Waals surface area contributed by atoms with Gasteiger partial charge in [0.25, 0.3) is 5.91 Å². The number of rotatable bonds is 4. The summed E-state index contributed by atoms with van der Waals surface area (Å²) in [6, 6.07) is 6.99. The first-order valence-corrected chi connectivity index (χ1v) is 4.19. The SMILES string of the molecule is CNC(=O)c1ccc(CN[C]=O)cc1. The summed E-state index contributed by atoms with van der Waals surface area (Å²) in [7, 11) is 1.58. The highest BCUT2D eigenvalue weighted by Gasteiger charge is 2.01. The van der Waals surface area contributed by atoms with E-state index in [1.807, 2.05) is 0 Å². The van der Waals surface area contributed by atoms with Gasteiger partial charge < -0.3 is 10.6 Å². The van der Waals surface area contributed by atoms with Crippen LogP contribution in [0.2, 0.25) is 0 Å². The third-order valence-corrected chi connectivity index (χ3v) is 1.81. The minimum Gasteiger partial charge on any atom is -0.355 e. The van der Waals surface area contributed by atoms with E-state index in [1.54, 1.807) is 37.7 Å². The number of nitrogens with one attached hydrogen (secondary N) is 2. The molecule has 0 spiro atoms. The predicted octanol–water partition coefficient (Wildman–Crippen LogP) is 0.203. The molecule has 1 aromatic carbocycles. The molecule has 0 aliphatic carbocycles. The van der Waals surface area contributed by atoms with Crippen LogP contribution in [0.15, 0.2) is 24.3 Å². The Morgan fingerprint density at radius 3 is 2.50 bits per heavy atom. The molecular weight excluding hydrogens is 180 g/mol. The van der Waals surface area contributed by atoms with Crippen LogP contribution in [0.3, 0.4) is 0 Å². The van der Waals surface area contributed by atoms with Crippen molar-refractivity contribution < 1.29 is 9.59 Å². The van der Waals surface area contributed by atoms with Crippen molar-refractivity contribution in [3.05, 3.63) is 35.4 Å². The van der Waals surface area contributed by atoms with Crippen LogP contribution in [0.4, 0.5) is 0 Å². The fraction of sp³-hybridized carbons (Fsp3) is 0.200. The number of hydrogen-bond donors (Lipinski definition) is 2. The highest BCUT2D eigenvalue weighted by Crippen LogP contribution is 2.03. The maximum atomic E-state index is 11.1. The van der Waals surface area contributed by atoms with Crippen molar-refractivity contribution in [1.82, 2.24) is 10.6 Å². The Morgan fingerprint density at radius 2 is 2.00 bits per heavy atom. The van der Waals surface area contributed by atoms with Crippen molar-refractivity contribution in [2.45, 2.75) is 6.54 Å². The van der Waals surface area contributed by atoms with Crippen LogP contribution in [0.5, 0.6) is 0 Å². The Labute approximate surface area is 82.3 Å². The van der Waals surface area contributed by atoms with Gasteiger partial charge >= 0.3 is 6.41 Å². The molecule has 0 unspecified atom stereocenters. The molecule has 1 radical (unpaired) electrons. The van der Waals surface area contributed by atoms with Gasteiger partial charge in [-0.3, -0.25) is 9.59 Å². The first-order valence-electron chi connectivity index (χ1n) is 4.19. The predicted molar refractivity (Wildman–Crippen MR) is 52.4 cm³/mol. The second-order valence-electron chi connectivity index (χ2n) is 2.73. The van der Waals surface area contributed by atoms with Crippen LogP contribution in [-0.4, -0.2) is 19.4 Å². The van der Waals surface area contributed by atoms with Crippen LogP contribution < -0.4 is 10.6 Å². The van der Waals surface area contributed by atoms with Crippen LogP contribution >= 0.6 is 0 Å². The molecular formula is C10H11N2O2. The lowest BCUT2D eigenvalue weighted by atomic mass is 10.1. The molecule has 0 atom stereocenters. The number of benzene rings is 1. The van der Waals surface area contributed by atoms with E-state index >= 15 is 0 Å². The zero-order valence-electron chi connectivity index (χ0n) is 7.83. The van der Waals surface area contributed by atoms with Crippen molar-refractivity contribution in [2.75, 3.05) is 7.05 Å². The van der Waals surface area contributed by atoms with Crippen molar-refractivity contribution >= 4 is 12.3 Å². The zero-order chi connectivity index (χ0) is 10.4. The van der Waals surface area contributed by atoms with Gasteiger partial charge in [0.2, 0.25) is 0 Å². The topological polar surface area (TPSA) is 58.2 Å². The highest BCUT2D eigenvalue weighted by atomic mass is 16.1. The van der Waals surface area contributed by atoms with Gasteiger partial charge in [-0.15, -0.1) is 0 Å². The van der Waals surface area contributed by atoms with E-state index in [9.17, 15) is 9.59 Å². The summed E-state index contributed by atoms with van der Waals surface area (Å²) in [4.78, 5) is 21.0. The lowest BCUT2D eigenvalue weighted by Crippen LogP contribution is -2.17. The van der Waals surface area contributed by atoms with Crippen LogP contribution in [0, 0.1) is 0 Å². The molecule has 1 aromatic rings. The molecule has 0 aromatic heterocycles. The standard InChI is InChI=1S/C10H11N2O2/c1-11-10(14)9-4-2-8(3-5-9)6-12-7-13/h2-5H,6H2,1H3,(H,11,14)(H,12,13). The third kappa shape index (κ3) is 2.58. The Balaban J connectivity index is 2.68. The molecule has 0 aliphatic rings. The average molecular weight is 191 g/mol. The fourth-order valence-electron chi connectivity index (χ4n) is 1.06. The van der Waals surface area contributed by atoms with E-state index < -0.39 is 0 Å². The maximum absolute atomic E-state index is 11.1. The molecule has 1 rings (SSSR count). The van der Waals surface area contributed by atoms with Gasteiger partial charge in [0.05, 0.1) is 0 Å². The van der Waals surface area contributed by atoms with Crippen molar-refractivity contribution in [1.29, 1.82) is 0 Å². The first kappa shape index (κ1) is 10.2. The van der Waals surface area contributed by atoms with Gasteiger partial charge in [-0.05, 0) is 17.7 Å². The summed E-state index contributed by atoms with van der Waals surface area (Å²) in [5, 5.41) is 4.95. The summed E-state index contributed by atoms with van der Waals surface area (Å²) >= 11 is 0. The monoisotopic (exact) mass is 191 g/mol. The fourth-order valence-corrected chi connectivity index (χ4v) is 1.06. The van der Waals surface area contributed by atoms with Crippen molar-refractivity contribution in [2.24, 2.45) is 0 Å². The Hall–Kier alpha value is -1.84. The summed E-state index contributed by atoms with van der Waals surface area (Å²) in [5.41, 5.74) is 1.53. The van der Waals surface area contributed by atoms with Gasteiger partial charge in [-0.1, -0.05) is 12.1 Å². The lowest BCUT2D eigenvalue weighted by molar-refractivity contribution is 0.0963. The van der Waals surface area contributed by atoms with E-state index in [2.05, 4.69) is 10.6 Å². The van der Waals surface area contributed by atoms with Crippen molar-refractivity contribution in [3.8, 4) is 0 Å². The summed E-state index contributed by atoms with van der Waals surface area (Å²) < 4.78 is 0. The van der Waals surface area contributed by atoms with Gasteiger partial charge in [0, 0.05) is 19.2 Å². The second kappa shape index (κ2) is 5.01. The van der Waals surface area contributed by atoms with E-state index in [0.29, 0.717) is 12.1 Å². The lowest BCUT2D eigenvalue weighted by Gasteiger charge is -2.01. The highest BCUT2D eigenvalue weighted by molar-refractivity contribution is 5.93. The maximum Gasteiger partial charge on any atom is 0.309 e. The molecule has 0 fully saturated rings. The number of amides is 2. The van der Waals surface area contributed by atoms with Gasteiger partial charge in [0.15, 0.2) is 0 Å². The van der Waals surface area contributed by atoms with Crippen LogP contribution in [-0.2, 0) is 11.3 Å². The quantitative estimate of drug-likeness (QED) is 0.668. The molecule has 0 aliphatic heterocycles. The molecule has 14 heavy (non-hydrogen) atoms. The minimum atomic E-state index is -0.119. The Kier molecular flexibility index (Phi) is 3.67. The van der Waals surface area contributed by atoms with Crippen molar-refractivity contribution in [3.63, 3.8) is 0 Å². The van der Waals surface area contributed by atoms with E-state index in [4.69, 9.17) is 0 Å². The van der Waals surface area contributed by atoms with Gasteiger partial charge in [-0.2, -0.15) is 0 Å². The molecule has 2 N–H and O–H groups in total. The molecule has 4 heteroatoms. The largest absolute Gasteiger partial charge is 0.355 e. The third-order valence-electron chi connectivity index (χ3n) is 1.81. The van der Waals surface area contributed by atoms with E-state index in [-0.39, 0.29) is 5.91 Å². The molecule has 0 saturated carbocycles. The molecule has 4 nitrogen and oxygen atoms in total. The van der Waals surface area contributed by atoms with Gasteiger partial charge in [-0.25, -0.2) is 0 Å². The first-order chi connectivity index (χ1) is 6.77. The molecule has 2 amide bonds. The summed E-state index contributed by atoms with van der Waals surface area (Å²) in [6.45, 7) is 0.428. The van der Waals surface area contributed by atoms with Gasteiger partial charge in [0.1, 0.15) is 0 Å². The number of carbonyl (C=O) groups excluding carboxylic acids is 2. The Bertz CT molecular complexity index is 319. The zero-order valence-corrected chi connectivity index (χ0v) is 7.83. The summed E-state index contributed by atoms with van der Waals surface area (Å²) in [6.07, 6.45) is 1.59.